The second-order valence-electron chi connectivity index (χ2n) is 4.19. The van der Waals surface area contributed by atoms with Gasteiger partial charge in [-0.3, -0.25) is 4.79 Å². The Morgan fingerprint density at radius 3 is 2.83 bits per heavy atom. The number of carbonyl (C=O) groups excluding carboxylic acids is 1. The Balaban J connectivity index is 1.88. The number of para-hydroxylation sites is 1. The maximum Gasteiger partial charge on any atom is 0.287 e. The zero-order valence-electron chi connectivity index (χ0n) is 10.2. The highest BCUT2D eigenvalue weighted by atomic mass is 16.3. The standard InChI is InChI=1S/C14H17NO3/c16-9-5-1-4-8-15-14(17)13-10-11-6-2-3-7-12(11)18-13/h2-3,6-7,10,16H,1,4-5,8-9H2,(H,15,17). The molecule has 0 bridgehead atoms. The minimum atomic E-state index is -0.185. The number of nitrogens with one attached hydrogen (secondary N) is 1. The summed E-state index contributed by atoms with van der Waals surface area (Å²) in [5.41, 5.74) is 0.725. The Morgan fingerprint density at radius 1 is 1.22 bits per heavy atom. The van der Waals surface area contributed by atoms with E-state index in [9.17, 15) is 4.79 Å². The van der Waals surface area contributed by atoms with Gasteiger partial charge in [0.25, 0.3) is 5.91 Å². The number of hydrogen-bond donors (Lipinski definition) is 2. The minimum absolute atomic E-state index is 0.185. The van der Waals surface area contributed by atoms with Crippen LogP contribution >= 0.6 is 0 Å². The molecule has 0 fully saturated rings. The Labute approximate surface area is 106 Å². The molecule has 0 spiro atoms. The predicted octanol–water partition coefficient (Wildman–Crippen LogP) is 2.33. The molecule has 0 radical (unpaired) electrons. The van der Waals surface area contributed by atoms with E-state index >= 15 is 0 Å². The van der Waals surface area contributed by atoms with Gasteiger partial charge in [0.05, 0.1) is 0 Å². The number of hydrogen-bond acceptors (Lipinski definition) is 3. The third-order valence-electron chi connectivity index (χ3n) is 2.77. The van der Waals surface area contributed by atoms with Crippen molar-refractivity contribution in [1.29, 1.82) is 0 Å². The van der Waals surface area contributed by atoms with E-state index in [0.717, 1.165) is 30.2 Å². The van der Waals surface area contributed by atoms with Gasteiger partial charge < -0.3 is 14.8 Å². The summed E-state index contributed by atoms with van der Waals surface area (Å²) in [4.78, 5) is 11.8. The van der Waals surface area contributed by atoms with E-state index in [4.69, 9.17) is 9.52 Å². The zero-order valence-corrected chi connectivity index (χ0v) is 10.2. The second-order valence-corrected chi connectivity index (χ2v) is 4.19. The van der Waals surface area contributed by atoms with Crippen molar-refractivity contribution >= 4 is 16.9 Å². The molecule has 2 aromatic rings. The lowest BCUT2D eigenvalue weighted by Crippen LogP contribution is -2.23. The molecule has 1 heterocycles. The second kappa shape index (κ2) is 6.21. The molecule has 0 atom stereocenters. The number of rotatable bonds is 6. The quantitative estimate of drug-likeness (QED) is 0.770. The topological polar surface area (TPSA) is 62.5 Å². The fourth-order valence-electron chi connectivity index (χ4n) is 1.80. The van der Waals surface area contributed by atoms with Gasteiger partial charge in [-0.2, -0.15) is 0 Å². The first-order valence-corrected chi connectivity index (χ1v) is 6.19. The van der Waals surface area contributed by atoms with E-state index in [1.807, 2.05) is 24.3 Å². The summed E-state index contributed by atoms with van der Waals surface area (Å²) in [6.45, 7) is 0.813. The number of unbranched alkanes of at least 4 members (excludes halogenated alkanes) is 2. The van der Waals surface area contributed by atoms with Crippen molar-refractivity contribution in [1.82, 2.24) is 5.32 Å². The van der Waals surface area contributed by atoms with Crippen LogP contribution in [0.15, 0.2) is 34.7 Å². The number of aliphatic hydroxyl groups excluding tert-OH is 1. The molecule has 0 saturated carbocycles. The fraction of sp³-hybridized carbons (Fsp3) is 0.357. The molecular formula is C14H17NO3. The fourth-order valence-corrected chi connectivity index (χ4v) is 1.80. The third kappa shape index (κ3) is 3.11. The summed E-state index contributed by atoms with van der Waals surface area (Å²) in [6, 6.07) is 9.29. The van der Waals surface area contributed by atoms with Crippen LogP contribution in [-0.2, 0) is 0 Å². The molecule has 96 valence electrons. The van der Waals surface area contributed by atoms with Gasteiger partial charge in [-0.05, 0) is 31.4 Å². The monoisotopic (exact) mass is 247 g/mol. The maximum absolute atomic E-state index is 11.8. The predicted molar refractivity (Wildman–Crippen MR) is 69.5 cm³/mol. The smallest absolute Gasteiger partial charge is 0.287 e. The molecule has 0 aliphatic rings. The number of fused-ring (bicyclic) bond motifs is 1. The van der Waals surface area contributed by atoms with E-state index < -0.39 is 0 Å². The zero-order chi connectivity index (χ0) is 12.8. The van der Waals surface area contributed by atoms with Gasteiger partial charge in [-0.25, -0.2) is 0 Å². The lowest BCUT2D eigenvalue weighted by molar-refractivity contribution is 0.0927. The molecule has 0 aliphatic heterocycles. The average molecular weight is 247 g/mol. The average Bonchev–Trinajstić information content (AvgIpc) is 2.82. The van der Waals surface area contributed by atoms with Crippen molar-refractivity contribution in [2.75, 3.05) is 13.2 Å². The van der Waals surface area contributed by atoms with E-state index in [2.05, 4.69) is 5.32 Å². The molecule has 18 heavy (non-hydrogen) atoms. The molecule has 1 aromatic carbocycles. The first-order chi connectivity index (χ1) is 8.81. The van der Waals surface area contributed by atoms with Crippen LogP contribution in [0.2, 0.25) is 0 Å². The summed E-state index contributed by atoms with van der Waals surface area (Å²) < 4.78 is 5.46. The van der Waals surface area contributed by atoms with Crippen molar-refractivity contribution in [2.24, 2.45) is 0 Å². The van der Waals surface area contributed by atoms with Crippen molar-refractivity contribution in [3.8, 4) is 0 Å². The van der Waals surface area contributed by atoms with Crippen LogP contribution in [0.1, 0.15) is 29.8 Å². The Morgan fingerprint density at radius 2 is 2.06 bits per heavy atom. The van der Waals surface area contributed by atoms with Gasteiger partial charge in [-0.1, -0.05) is 18.2 Å². The molecule has 1 amide bonds. The van der Waals surface area contributed by atoms with Crippen molar-refractivity contribution in [3.05, 3.63) is 36.1 Å². The maximum atomic E-state index is 11.8. The summed E-state index contributed by atoms with van der Waals surface area (Å²) >= 11 is 0. The molecule has 0 saturated heterocycles. The molecular weight excluding hydrogens is 230 g/mol. The summed E-state index contributed by atoms with van der Waals surface area (Å²) in [6.07, 6.45) is 2.56. The van der Waals surface area contributed by atoms with Gasteiger partial charge in [0, 0.05) is 18.5 Å². The number of furan rings is 1. The SMILES string of the molecule is O=C(NCCCCCO)c1cc2ccccc2o1. The van der Waals surface area contributed by atoms with Crippen molar-refractivity contribution in [3.63, 3.8) is 0 Å². The summed E-state index contributed by atoms with van der Waals surface area (Å²) in [5, 5.41) is 12.4. The number of aliphatic hydroxyl groups is 1. The first kappa shape index (κ1) is 12.6. The molecule has 4 heteroatoms. The van der Waals surface area contributed by atoms with E-state index in [1.54, 1.807) is 6.07 Å². The lowest BCUT2D eigenvalue weighted by atomic mass is 10.2. The van der Waals surface area contributed by atoms with E-state index in [-0.39, 0.29) is 12.5 Å². The van der Waals surface area contributed by atoms with Crippen LogP contribution in [0.4, 0.5) is 0 Å². The third-order valence-corrected chi connectivity index (χ3v) is 2.77. The largest absolute Gasteiger partial charge is 0.451 e. The molecule has 2 rings (SSSR count). The summed E-state index contributed by atoms with van der Waals surface area (Å²) in [5.74, 6) is 0.161. The Hall–Kier alpha value is -1.81. The number of carbonyl (C=O) groups is 1. The van der Waals surface area contributed by atoms with Crippen LogP contribution in [0.25, 0.3) is 11.0 Å². The highest BCUT2D eigenvalue weighted by molar-refractivity contribution is 5.95. The summed E-state index contributed by atoms with van der Waals surface area (Å²) in [7, 11) is 0. The van der Waals surface area contributed by atoms with Crippen LogP contribution in [-0.4, -0.2) is 24.2 Å². The Bertz CT molecular complexity index is 485. The van der Waals surface area contributed by atoms with E-state index in [1.165, 1.54) is 0 Å². The number of amides is 1. The van der Waals surface area contributed by atoms with Crippen LogP contribution in [0.5, 0.6) is 0 Å². The van der Waals surface area contributed by atoms with Gasteiger partial charge >= 0.3 is 0 Å². The van der Waals surface area contributed by atoms with Crippen LogP contribution in [0, 0.1) is 0 Å². The van der Waals surface area contributed by atoms with Gasteiger partial charge in [0.2, 0.25) is 0 Å². The minimum Gasteiger partial charge on any atom is -0.451 e. The van der Waals surface area contributed by atoms with Gasteiger partial charge in [0.1, 0.15) is 5.58 Å². The highest BCUT2D eigenvalue weighted by Crippen LogP contribution is 2.18. The molecule has 0 unspecified atom stereocenters. The molecule has 2 N–H and O–H groups in total. The number of benzene rings is 1. The molecule has 0 aliphatic carbocycles. The first-order valence-electron chi connectivity index (χ1n) is 6.19. The van der Waals surface area contributed by atoms with Gasteiger partial charge in [-0.15, -0.1) is 0 Å². The van der Waals surface area contributed by atoms with Crippen molar-refractivity contribution in [2.45, 2.75) is 19.3 Å². The van der Waals surface area contributed by atoms with Gasteiger partial charge in [0.15, 0.2) is 5.76 Å². The molecule has 1 aromatic heterocycles. The van der Waals surface area contributed by atoms with Crippen molar-refractivity contribution < 1.29 is 14.3 Å². The van der Waals surface area contributed by atoms with E-state index in [0.29, 0.717) is 12.3 Å². The van der Waals surface area contributed by atoms with Crippen LogP contribution in [0.3, 0.4) is 0 Å². The molecule has 4 nitrogen and oxygen atoms in total. The normalized spacial score (nSPS) is 10.7. The Kier molecular flexibility index (Phi) is 4.36. The highest BCUT2D eigenvalue weighted by Gasteiger charge is 2.10. The lowest BCUT2D eigenvalue weighted by Gasteiger charge is -2.01. The van der Waals surface area contributed by atoms with Crippen LogP contribution < -0.4 is 5.32 Å².